The van der Waals surface area contributed by atoms with Crippen LogP contribution in [0.2, 0.25) is 0 Å². The molecule has 398 valence electrons. The number of allylic oxidation sites excluding steroid dienone is 4. The predicted octanol–water partition coefficient (Wildman–Crippen LogP) is 18.3. The highest BCUT2D eigenvalue weighted by molar-refractivity contribution is 7.47. The van der Waals surface area contributed by atoms with Crippen LogP contribution >= 0.6 is 7.82 Å². The summed E-state index contributed by atoms with van der Waals surface area (Å²) in [5.74, 6) is -0.307. The molecule has 0 spiro atoms. The van der Waals surface area contributed by atoms with Gasteiger partial charge in [0.25, 0.3) is 0 Å². The van der Waals surface area contributed by atoms with E-state index in [2.05, 4.69) is 38.2 Å². The van der Waals surface area contributed by atoms with Crippen LogP contribution in [0.5, 0.6) is 0 Å². The fraction of sp³-hybridized carbons (Fsp3) is 0.914. The maximum atomic E-state index is 12.8. The molecule has 0 aromatic carbocycles. The number of quaternary nitrogens is 1. The van der Waals surface area contributed by atoms with E-state index >= 15 is 0 Å². The summed E-state index contributed by atoms with van der Waals surface area (Å²) in [5, 5.41) is 0. The van der Waals surface area contributed by atoms with Crippen LogP contribution in [0.25, 0.3) is 0 Å². The van der Waals surface area contributed by atoms with E-state index in [1.165, 1.54) is 225 Å². The van der Waals surface area contributed by atoms with Gasteiger partial charge in [-0.3, -0.25) is 13.8 Å². The number of nitrogens with zero attached hydrogens (tertiary/aromatic N) is 1. The predicted molar refractivity (Wildman–Crippen MR) is 289 cm³/mol. The molecule has 0 saturated carbocycles. The van der Waals surface area contributed by atoms with Crippen molar-refractivity contribution in [2.24, 2.45) is 0 Å². The van der Waals surface area contributed by atoms with Gasteiger partial charge in [0.05, 0.1) is 34.4 Å². The molecule has 1 N–H and O–H groups in total. The van der Waals surface area contributed by atoms with Gasteiger partial charge in [0, 0.05) is 13.0 Å². The van der Waals surface area contributed by atoms with E-state index in [1.807, 2.05) is 21.1 Å². The summed E-state index contributed by atoms with van der Waals surface area (Å²) in [5.41, 5.74) is 0. The van der Waals surface area contributed by atoms with E-state index in [0.29, 0.717) is 24.1 Å². The molecule has 0 aromatic heterocycles. The minimum atomic E-state index is -4.28. The normalized spacial score (nSPS) is 13.6. The molecule has 2 unspecified atom stereocenters. The maximum Gasteiger partial charge on any atom is 0.472 e. The number of esters is 1. The Hall–Kier alpha value is -1.02. The maximum absolute atomic E-state index is 12.8. The van der Waals surface area contributed by atoms with Crippen LogP contribution in [0, 0.1) is 0 Å². The number of carbonyl (C=O) groups excluding carboxylic acids is 1. The van der Waals surface area contributed by atoms with Crippen molar-refractivity contribution in [3.63, 3.8) is 0 Å². The topological polar surface area (TPSA) is 91.3 Å². The van der Waals surface area contributed by atoms with Crippen molar-refractivity contribution in [2.45, 2.75) is 290 Å². The van der Waals surface area contributed by atoms with Crippen molar-refractivity contribution in [1.82, 2.24) is 0 Å². The molecule has 0 heterocycles. The monoisotopic (exact) mass is 969 g/mol. The van der Waals surface area contributed by atoms with Crippen LogP contribution in [0.4, 0.5) is 0 Å². The molecular weight excluding hydrogens is 854 g/mol. The highest BCUT2D eigenvalue weighted by Crippen LogP contribution is 2.43. The number of likely N-dealkylation sites (N-methyl/N-ethyl adjacent to an activating group) is 1. The van der Waals surface area contributed by atoms with Crippen LogP contribution in [0.3, 0.4) is 0 Å². The zero-order valence-electron chi connectivity index (χ0n) is 45.4. The Labute approximate surface area is 417 Å². The number of rotatable bonds is 55. The SMILES string of the molecule is CCCCC/C=C\C/C=C\CCCCCCCCCCCCOCC(COP(=O)(O)OCC[N+](C)(C)C)OC(=O)CCCCCCCCCCCCCCCCCCCCCCCCCCC. The molecular formula is C58H115NO7P+. The molecule has 0 aliphatic carbocycles. The molecule has 0 fully saturated rings. The van der Waals surface area contributed by atoms with E-state index in [4.69, 9.17) is 18.5 Å². The van der Waals surface area contributed by atoms with E-state index in [9.17, 15) is 14.3 Å². The van der Waals surface area contributed by atoms with Crippen molar-refractivity contribution >= 4 is 13.8 Å². The van der Waals surface area contributed by atoms with Gasteiger partial charge in [0.15, 0.2) is 0 Å². The van der Waals surface area contributed by atoms with Crippen molar-refractivity contribution < 1.29 is 37.3 Å². The van der Waals surface area contributed by atoms with Crippen LogP contribution in [0.1, 0.15) is 284 Å². The average Bonchev–Trinajstić information content (AvgIpc) is 3.29. The van der Waals surface area contributed by atoms with Crippen molar-refractivity contribution in [3.05, 3.63) is 24.3 Å². The highest BCUT2D eigenvalue weighted by Gasteiger charge is 2.26. The number of phosphoric acid groups is 1. The first kappa shape index (κ1) is 66.0. The minimum Gasteiger partial charge on any atom is -0.457 e. The van der Waals surface area contributed by atoms with Gasteiger partial charge in [0.2, 0.25) is 0 Å². The summed E-state index contributed by atoms with van der Waals surface area (Å²) in [4.78, 5) is 23.1. The molecule has 0 rings (SSSR count). The summed E-state index contributed by atoms with van der Waals surface area (Å²) in [6.07, 6.45) is 62.4. The van der Waals surface area contributed by atoms with Gasteiger partial charge < -0.3 is 18.9 Å². The molecule has 0 aromatic rings. The largest absolute Gasteiger partial charge is 0.472 e. The third-order valence-electron chi connectivity index (χ3n) is 13.0. The van der Waals surface area contributed by atoms with Gasteiger partial charge in [0.1, 0.15) is 19.3 Å². The van der Waals surface area contributed by atoms with Gasteiger partial charge in [-0.2, -0.15) is 0 Å². The number of ether oxygens (including phenoxy) is 2. The minimum absolute atomic E-state index is 0.0907. The summed E-state index contributed by atoms with van der Waals surface area (Å²) < 4.78 is 35.3. The van der Waals surface area contributed by atoms with Crippen LogP contribution in [-0.4, -0.2) is 75.6 Å². The van der Waals surface area contributed by atoms with Crippen LogP contribution in [-0.2, 0) is 27.9 Å². The molecule has 0 amide bonds. The first-order valence-corrected chi connectivity index (χ1v) is 30.6. The van der Waals surface area contributed by atoms with E-state index < -0.39 is 13.9 Å². The van der Waals surface area contributed by atoms with Crippen molar-refractivity contribution in [2.75, 3.05) is 54.1 Å². The Balaban J connectivity index is 4.02. The molecule has 0 aliphatic heterocycles. The Kier molecular flexibility index (Phi) is 50.6. The van der Waals surface area contributed by atoms with Crippen LogP contribution in [0.15, 0.2) is 24.3 Å². The van der Waals surface area contributed by atoms with Gasteiger partial charge >= 0.3 is 13.8 Å². The summed E-state index contributed by atoms with van der Waals surface area (Å²) in [6, 6.07) is 0. The van der Waals surface area contributed by atoms with Gasteiger partial charge in [-0.05, 0) is 44.9 Å². The summed E-state index contributed by atoms with van der Waals surface area (Å²) in [6.45, 7) is 5.66. The van der Waals surface area contributed by atoms with E-state index in [-0.39, 0.29) is 25.8 Å². The Morgan fingerprint density at radius 1 is 0.463 bits per heavy atom. The van der Waals surface area contributed by atoms with E-state index in [0.717, 1.165) is 38.5 Å². The molecule has 8 nitrogen and oxygen atoms in total. The smallest absolute Gasteiger partial charge is 0.457 e. The van der Waals surface area contributed by atoms with E-state index in [1.54, 1.807) is 0 Å². The first-order chi connectivity index (χ1) is 32.6. The Morgan fingerprint density at radius 3 is 1.24 bits per heavy atom. The highest BCUT2D eigenvalue weighted by atomic mass is 31.2. The second kappa shape index (κ2) is 51.3. The van der Waals surface area contributed by atoms with Gasteiger partial charge in [-0.1, -0.05) is 256 Å². The molecule has 0 aliphatic rings. The lowest BCUT2D eigenvalue weighted by atomic mass is 10.0. The average molecular weight is 970 g/mol. The number of phosphoric ester groups is 1. The van der Waals surface area contributed by atoms with Crippen molar-refractivity contribution in [1.29, 1.82) is 0 Å². The van der Waals surface area contributed by atoms with Crippen LogP contribution < -0.4 is 0 Å². The third kappa shape index (κ3) is 55.8. The Morgan fingerprint density at radius 2 is 0.821 bits per heavy atom. The quantitative estimate of drug-likeness (QED) is 0.0213. The molecule has 67 heavy (non-hydrogen) atoms. The lowest BCUT2D eigenvalue weighted by Crippen LogP contribution is -2.37. The number of carbonyl (C=O) groups is 1. The number of hydrogen-bond donors (Lipinski definition) is 1. The lowest BCUT2D eigenvalue weighted by Gasteiger charge is -2.24. The molecule has 0 bridgehead atoms. The number of unbranched alkanes of at least 4 members (excludes halogenated alkanes) is 37. The zero-order valence-corrected chi connectivity index (χ0v) is 46.3. The third-order valence-corrected chi connectivity index (χ3v) is 14.0. The fourth-order valence-electron chi connectivity index (χ4n) is 8.53. The van der Waals surface area contributed by atoms with Gasteiger partial charge in [-0.15, -0.1) is 0 Å². The second-order valence-corrected chi connectivity index (χ2v) is 22.5. The van der Waals surface area contributed by atoms with Gasteiger partial charge in [-0.25, -0.2) is 4.57 Å². The lowest BCUT2D eigenvalue weighted by molar-refractivity contribution is -0.870. The summed E-state index contributed by atoms with van der Waals surface area (Å²) >= 11 is 0. The first-order valence-electron chi connectivity index (χ1n) is 29.1. The standard InChI is InChI=1S/C58H114NO7P/c1-6-8-10-12-14-16-18-20-22-24-26-28-29-30-31-32-33-35-37-39-41-43-45-47-49-51-58(60)66-57(56-65-67(61,62)64-54-52-59(3,4)5)55-63-53-50-48-46-44-42-40-38-36-34-27-25-23-21-19-17-15-13-11-9-7-2/h15,17,21,23,57H,6-14,16,18-20,22,24-56H2,1-5H3/p+1/b17-15-,23-21-. The second-order valence-electron chi connectivity index (χ2n) is 21.0. The fourth-order valence-corrected chi connectivity index (χ4v) is 9.27. The summed E-state index contributed by atoms with van der Waals surface area (Å²) in [7, 11) is 1.68. The molecule has 0 saturated heterocycles. The van der Waals surface area contributed by atoms with Crippen molar-refractivity contribution in [3.8, 4) is 0 Å². The molecule has 2 atom stereocenters. The Bertz CT molecular complexity index is 1120. The molecule has 9 heteroatoms. The molecule has 0 radical (unpaired) electrons. The number of hydrogen-bond acceptors (Lipinski definition) is 6. The zero-order chi connectivity index (χ0) is 49.0.